The third-order valence-corrected chi connectivity index (χ3v) is 4.70. The number of carbonyl (C=O) groups is 2. The van der Waals surface area contributed by atoms with Crippen molar-refractivity contribution in [2.45, 2.75) is 13.3 Å². The minimum absolute atomic E-state index is 0.0400. The molecule has 0 radical (unpaired) electrons. The van der Waals surface area contributed by atoms with E-state index in [-0.39, 0.29) is 11.7 Å². The summed E-state index contributed by atoms with van der Waals surface area (Å²) in [6, 6.07) is 18.6. The van der Waals surface area contributed by atoms with Gasteiger partial charge in [-0.25, -0.2) is 4.98 Å². The third kappa shape index (κ3) is 3.31. The van der Waals surface area contributed by atoms with Gasteiger partial charge in [0.05, 0.1) is 5.56 Å². The van der Waals surface area contributed by atoms with Gasteiger partial charge in [0, 0.05) is 29.7 Å². The molecule has 2 aromatic carbocycles. The number of Topliss-reactive ketones (excluding diaryl/α,β-unsaturated/α-hetero) is 1. The van der Waals surface area contributed by atoms with Crippen LogP contribution in [0.4, 0.5) is 17.2 Å². The zero-order valence-corrected chi connectivity index (χ0v) is 15.0. The number of aromatic nitrogens is 1. The Hall–Kier alpha value is -3.47. The molecule has 1 aliphatic rings. The highest BCUT2D eigenvalue weighted by molar-refractivity contribution is 6.08. The lowest BCUT2D eigenvalue weighted by Gasteiger charge is -2.21. The van der Waals surface area contributed by atoms with E-state index in [1.54, 1.807) is 42.6 Å². The predicted octanol–water partition coefficient (Wildman–Crippen LogP) is 4.23. The van der Waals surface area contributed by atoms with E-state index in [0.29, 0.717) is 22.6 Å². The first-order chi connectivity index (χ1) is 13.1. The molecule has 27 heavy (non-hydrogen) atoms. The van der Waals surface area contributed by atoms with Crippen LogP contribution in [0.15, 0.2) is 66.9 Å². The van der Waals surface area contributed by atoms with Gasteiger partial charge in [0.15, 0.2) is 5.78 Å². The summed E-state index contributed by atoms with van der Waals surface area (Å²) in [6.45, 7) is 2.29. The van der Waals surface area contributed by atoms with Gasteiger partial charge in [0.2, 0.25) is 0 Å². The van der Waals surface area contributed by atoms with E-state index in [1.807, 2.05) is 12.1 Å². The van der Waals surface area contributed by atoms with Gasteiger partial charge in [0.1, 0.15) is 5.82 Å². The van der Waals surface area contributed by atoms with Crippen molar-refractivity contribution in [3.8, 4) is 0 Å². The molecule has 0 bridgehead atoms. The first-order valence-corrected chi connectivity index (χ1v) is 8.86. The average Bonchev–Trinajstić information content (AvgIpc) is 3.12. The second kappa shape index (κ2) is 7.03. The molecule has 5 nitrogen and oxygen atoms in total. The normalized spacial score (nSPS) is 12.6. The molecular formula is C22H19N3O2. The Kier molecular flexibility index (Phi) is 4.42. The molecule has 0 atom stereocenters. The Morgan fingerprint density at radius 2 is 1.89 bits per heavy atom. The molecule has 0 unspecified atom stereocenters. The fourth-order valence-corrected chi connectivity index (χ4v) is 3.36. The number of fused-ring (bicyclic) bond motifs is 1. The van der Waals surface area contributed by atoms with Gasteiger partial charge < -0.3 is 10.2 Å². The largest absolute Gasteiger partial charge is 0.325 e. The van der Waals surface area contributed by atoms with E-state index in [2.05, 4.69) is 27.3 Å². The number of hydrogen-bond acceptors (Lipinski definition) is 4. The predicted molar refractivity (Wildman–Crippen MR) is 106 cm³/mol. The Bertz CT molecular complexity index is 1030. The zero-order valence-electron chi connectivity index (χ0n) is 15.0. The Labute approximate surface area is 157 Å². The molecule has 1 aliphatic heterocycles. The van der Waals surface area contributed by atoms with Gasteiger partial charge >= 0.3 is 0 Å². The second-order valence-electron chi connectivity index (χ2n) is 6.50. The molecule has 0 saturated carbocycles. The zero-order chi connectivity index (χ0) is 18.8. The maximum atomic E-state index is 12.9. The van der Waals surface area contributed by atoms with E-state index < -0.39 is 0 Å². The fraction of sp³-hybridized carbons (Fsp3) is 0.136. The molecule has 0 aliphatic carbocycles. The van der Waals surface area contributed by atoms with Crippen LogP contribution in [0.3, 0.4) is 0 Å². The van der Waals surface area contributed by atoms with E-state index in [0.717, 1.165) is 18.7 Å². The monoisotopic (exact) mass is 357 g/mol. The molecule has 4 rings (SSSR count). The van der Waals surface area contributed by atoms with Gasteiger partial charge in [-0.1, -0.05) is 30.3 Å². The van der Waals surface area contributed by atoms with Crippen molar-refractivity contribution in [3.63, 3.8) is 0 Å². The van der Waals surface area contributed by atoms with Crippen LogP contribution in [0.2, 0.25) is 0 Å². The van der Waals surface area contributed by atoms with Crippen LogP contribution in [0.1, 0.15) is 33.2 Å². The quantitative estimate of drug-likeness (QED) is 0.710. The molecule has 1 amide bonds. The van der Waals surface area contributed by atoms with Crippen LogP contribution in [0, 0.1) is 0 Å². The summed E-state index contributed by atoms with van der Waals surface area (Å²) in [5.74, 6) is 0.354. The summed E-state index contributed by atoms with van der Waals surface area (Å²) >= 11 is 0. The van der Waals surface area contributed by atoms with Crippen LogP contribution in [0.5, 0.6) is 0 Å². The summed E-state index contributed by atoms with van der Waals surface area (Å²) < 4.78 is 0. The number of benzene rings is 2. The van der Waals surface area contributed by atoms with Crippen LogP contribution >= 0.6 is 0 Å². The molecule has 1 aromatic heterocycles. The van der Waals surface area contributed by atoms with Crippen LogP contribution in [0.25, 0.3) is 0 Å². The van der Waals surface area contributed by atoms with E-state index in [4.69, 9.17) is 0 Å². The van der Waals surface area contributed by atoms with Gasteiger partial charge in [0.25, 0.3) is 5.91 Å². The number of amides is 1. The van der Waals surface area contributed by atoms with Crippen molar-refractivity contribution in [3.05, 3.63) is 83.6 Å². The van der Waals surface area contributed by atoms with Crippen molar-refractivity contribution in [1.29, 1.82) is 0 Å². The van der Waals surface area contributed by atoms with E-state index >= 15 is 0 Å². The number of rotatable bonds is 4. The first-order valence-electron chi connectivity index (χ1n) is 8.86. The third-order valence-electron chi connectivity index (χ3n) is 4.70. The number of hydrogen-bond donors (Lipinski definition) is 1. The molecule has 0 saturated heterocycles. The first kappa shape index (κ1) is 17.0. The molecule has 2 heterocycles. The van der Waals surface area contributed by atoms with Gasteiger partial charge in [-0.2, -0.15) is 0 Å². The number of anilines is 3. The second-order valence-corrected chi connectivity index (χ2v) is 6.50. The molecule has 1 N–H and O–H groups in total. The van der Waals surface area contributed by atoms with E-state index in [1.165, 1.54) is 12.5 Å². The summed E-state index contributed by atoms with van der Waals surface area (Å²) in [5.41, 5.74) is 3.99. The standard InChI is InChI=1S/C22H19N3O2/c1-15(26)17-7-4-8-18(14-17)24-22(27)19-9-5-12-23-21(19)25-13-11-16-6-2-3-10-20(16)25/h2-10,12,14H,11,13H2,1H3,(H,24,27). The number of para-hydroxylation sites is 1. The number of nitrogens with zero attached hydrogens (tertiary/aromatic N) is 2. The smallest absolute Gasteiger partial charge is 0.259 e. The van der Waals surface area contributed by atoms with Crippen molar-refractivity contribution < 1.29 is 9.59 Å². The fourth-order valence-electron chi connectivity index (χ4n) is 3.36. The molecule has 0 fully saturated rings. The summed E-state index contributed by atoms with van der Waals surface area (Å²) in [7, 11) is 0. The Balaban J connectivity index is 1.65. The highest BCUT2D eigenvalue weighted by atomic mass is 16.1. The van der Waals surface area contributed by atoms with Crippen molar-refractivity contribution in [2.75, 3.05) is 16.8 Å². The minimum atomic E-state index is -0.247. The maximum Gasteiger partial charge on any atom is 0.259 e. The Morgan fingerprint density at radius 3 is 2.74 bits per heavy atom. The van der Waals surface area contributed by atoms with Gasteiger partial charge in [-0.15, -0.1) is 0 Å². The SMILES string of the molecule is CC(=O)c1cccc(NC(=O)c2cccnc2N2CCc3ccccc32)c1. The van der Waals surface area contributed by atoms with Crippen molar-refractivity contribution in [1.82, 2.24) is 4.98 Å². The minimum Gasteiger partial charge on any atom is -0.325 e. The Morgan fingerprint density at radius 1 is 1.04 bits per heavy atom. The van der Waals surface area contributed by atoms with E-state index in [9.17, 15) is 9.59 Å². The lowest BCUT2D eigenvalue weighted by molar-refractivity contribution is 0.101. The highest BCUT2D eigenvalue weighted by Gasteiger charge is 2.25. The van der Waals surface area contributed by atoms with Gasteiger partial charge in [-0.05, 0) is 49.2 Å². The van der Waals surface area contributed by atoms with Gasteiger partial charge in [-0.3, -0.25) is 9.59 Å². The summed E-state index contributed by atoms with van der Waals surface area (Å²) in [5, 5.41) is 2.88. The van der Waals surface area contributed by atoms with Crippen LogP contribution < -0.4 is 10.2 Å². The number of nitrogens with one attached hydrogen (secondary N) is 1. The van der Waals surface area contributed by atoms with Crippen LogP contribution in [-0.4, -0.2) is 23.2 Å². The average molecular weight is 357 g/mol. The maximum absolute atomic E-state index is 12.9. The highest BCUT2D eigenvalue weighted by Crippen LogP contribution is 2.34. The number of carbonyl (C=O) groups excluding carboxylic acids is 2. The molecule has 5 heteroatoms. The summed E-state index contributed by atoms with van der Waals surface area (Å²) in [6.07, 6.45) is 2.62. The van der Waals surface area contributed by atoms with Crippen molar-refractivity contribution >= 4 is 28.9 Å². The lowest BCUT2D eigenvalue weighted by atomic mass is 10.1. The number of pyridine rings is 1. The topological polar surface area (TPSA) is 62.3 Å². The summed E-state index contributed by atoms with van der Waals surface area (Å²) in [4.78, 5) is 31.0. The molecule has 0 spiro atoms. The lowest BCUT2D eigenvalue weighted by Crippen LogP contribution is -2.21. The van der Waals surface area contributed by atoms with Crippen LogP contribution in [-0.2, 0) is 6.42 Å². The molecular weight excluding hydrogens is 338 g/mol. The molecule has 134 valence electrons. The van der Waals surface area contributed by atoms with Crippen molar-refractivity contribution in [2.24, 2.45) is 0 Å². The molecule has 3 aromatic rings. The number of ketones is 1.